The summed E-state index contributed by atoms with van der Waals surface area (Å²) in [6.45, 7) is 8.48. The number of alkyl halides is 3. The molecule has 2 fully saturated rings. The lowest BCUT2D eigenvalue weighted by Crippen LogP contribution is -2.38. The van der Waals surface area contributed by atoms with Crippen LogP contribution in [0.4, 0.5) is 19.0 Å². The van der Waals surface area contributed by atoms with Gasteiger partial charge in [-0.05, 0) is 43.5 Å². The van der Waals surface area contributed by atoms with Crippen LogP contribution >= 0.6 is 11.3 Å². The third-order valence-corrected chi connectivity index (χ3v) is 9.78. The zero-order valence-corrected chi connectivity index (χ0v) is 26.0. The fraction of sp³-hybridized carbons (Fsp3) is 0.438. The van der Waals surface area contributed by atoms with Crippen LogP contribution in [-0.2, 0) is 24.3 Å². The lowest BCUT2D eigenvalue weighted by atomic mass is 10.0. The smallest absolute Gasteiger partial charge is 0.393 e. The molecule has 0 saturated carbocycles. The van der Waals surface area contributed by atoms with E-state index in [9.17, 15) is 28.3 Å². The number of nitriles is 1. The van der Waals surface area contributed by atoms with Crippen molar-refractivity contribution in [3.05, 3.63) is 59.4 Å². The van der Waals surface area contributed by atoms with Gasteiger partial charge in [-0.15, -0.1) is 11.3 Å². The van der Waals surface area contributed by atoms with Crippen molar-refractivity contribution < 1.29 is 23.1 Å². The first-order valence-corrected chi connectivity index (χ1v) is 16.1. The number of rotatable bonds is 10. The molecule has 1 aromatic carbocycles. The molecule has 4 aromatic rings. The molecule has 0 spiro atoms. The molecule has 10 nitrogen and oxygen atoms in total. The Bertz CT molecular complexity index is 1790. The first kappa shape index (κ1) is 31.8. The number of hydrogen-bond acceptors (Lipinski definition) is 9. The highest BCUT2D eigenvalue weighted by Gasteiger charge is 2.29. The summed E-state index contributed by atoms with van der Waals surface area (Å²) in [5.74, 6) is 0.562. The topological polar surface area (TPSA) is 122 Å². The molecule has 2 aliphatic heterocycles. The number of carbonyl (C=O) groups excluding carboxylic acids is 1. The molecule has 3 N–H and O–H groups in total. The molecule has 1 amide bonds. The van der Waals surface area contributed by atoms with Crippen LogP contribution in [0.5, 0.6) is 5.75 Å². The molecule has 0 radical (unpaired) electrons. The van der Waals surface area contributed by atoms with Gasteiger partial charge in [0.2, 0.25) is 5.91 Å². The third kappa shape index (κ3) is 7.27. The number of benzene rings is 1. The van der Waals surface area contributed by atoms with Gasteiger partial charge in [0.05, 0.1) is 17.3 Å². The molecular weight excluding hydrogens is 617 g/mol. The van der Waals surface area contributed by atoms with Gasteiger partial charge in [-0.25, -0.2) is 9.97 Å². The fourth-order valence-corrected chi connectivity index (χ4v) is 7.46. The van der Waals surface area contributed by atoms with Crippen LogP contribution in [0.3, 0.4) is 0 Å². The summed E-state index contributed by atoms with van der Waals surface area (Å²) in [6.07, 6.45) is -0.131. The molecule has 3 aromatic heterocycles. The van der Waals surface area contributed by atoms with Crippen LogP contribution in [0.25, 0.3) is 21.1 Å². The first-order valence-electron chi connectivity index (χ1n) is 15.3. The molecular formula is C32H35F3N8O2S. The van der Waals surface area contributed by atoms with Gasteiger partial charge in [0.1, 0.15) is 34.5 Å². The van der Waals surface area contributed by atoms with Gasteiger partial charge >= 0.3 is 6.18 Å². The maximum Gasteiger partial charge on any atom is 0.393 e. The number of piperidine rings is 1. The number of aromatic nitrogens is 3. The number of halogens is 3. The highest BCUT2D eigenvalue weighted by molar-refractivity contribution is 7.18. The predicted molar refractivity (Wildman–Crippen MR) is 171 cm³/mol. The van der Waals surface area contributed by atoms with Crippen molar-refractivity contribution in [3.8, 4) is 11.8 Å². The number of phenolic OH excluding ortho intramolecular Hbond substituents is 1. The van der Waals surface area contributed by atoms with Crippen molar-refractivity contribution in [1.82, 2.24) is 29.7 Å². The Morgan fingerprint density at radius 2 is 1.87 bits per heavy atom. The SMILES string of the molecule is C=CC(=O)N[C@H]1CCN(CCn2c(C#N)cc3cc(CN4CCC(Nc5ncnc6sc(CC(F)(F)F)cc56)CC4)c(O)cc32)C1. The van der Waals surface area contributed by atoms with Gasteiger partial charge in [-0.1, -0.05) is 6.58 Å². The number of likely N-dealkylation sites (tertiary alicyclic amines) is 2. The van der Waals surface area contributed by atoms with E-state index in [0.717, 1.165) is 73.2 Å². The van der Waals surface area contributed by atoms with Crippen molar-refractivity contribution in [3.63, 3.8) is 0 Å². The van der Waals surface area contributed by atoms with Gasteiger partial charge < -0.3 is 20.3 Å². The van der Waals surface area contributed by atoms with Crippen LogP contribution in [0.1, 0.15) is 35.4 Å². The highest BCUT2D eigenvalue weighted by atomic mass is 32.1. The molecule has 0 bridgehead atoms. The van der Waals surface area contributed by atoms with Crippen molar-refractivity contribution in [2.45, 2.75) is 57.0 Å². The molecule has 2 saturated heterocycles. The number of nitrogens with zero attached hydrogens (tertiary/aromatic N) is 6. The zero-order valence-electron chi connectivity index (χ0n) is 25.2. The number of hydrogen-bond donors (Lipinski definition) is 3. The van der Waals surface area contributed by atoms with Crippen LogP contribution < -0.4 is 10.6 Å². The van der Waals surface area contributed by atoms with Gasteiger partial charge in [0.15, 0.2) is 0 Å². The second-order valence-corrected chi connectivity index (χ2v) is 13.1. The van der Waals surface area contributed by atoms with Crippen LogP contribution in [-0.4, -0.2) is 86.3 Å². The minimum Gasteiger partial charge on any atom is -0.508 e. The fourth-order valence-electron chi connectivity index (χ4n) is 6.44. The van der Waals surface area contributed by atoms with E-state index in [1.54, 1.807) is 6.07 Å². The van der Waals surface area contributed by atoms with Crippen molar-refractivity contribution in [2.24, 2.45) is 0 Å². The Kier molecular flexibility index (Phi) is 9.17. The molecule has 14 heteroatoms. The van der Waals surface area contributed by atoms with Gasteiger partial charge in [0, 0.05) is 79.8 Å². The summed E-state index contributed by atoms with van der Waals surface area (Å²) >= 11 is 1.04. The minimum atomic E-state index is -4.28. The summed E-state index contributed by atoms with van der Waals surface area (Å²) in [4.78, 5) is 25.4. The number of carbonyl (C=O) groups is 1. The minimum absolute atomic E-state index is 0.0823. The largest absolute Gasteiger partial charge is 0.508 e. The summed E-state index contributed by atoms with van der Waals surface area (Å²) in [6, 6.07) is 9.56. The van der Waals surface area contributed by atoms with E-state index in [2.05, 4.69) is 43.0 Å². The Morgan fingerprint density at radius 3 is 2.61 bits per heavy atom. The van der Waals surface area contributed by atoms with E-state index in [1.165, 1.54) is 18.5 Å². The summed E-state index contributed by atoms with van der Waals surface area (Å²) in [5, 5.41) is 28.7. The number of nitrogens with one attached hydrogen (secondary N) is 2. The molecule has 242 valence electrons. The molecule has 2 aliphatic rings. The normalized spacial score (nSPS) is 18.3. The van der Waals surface area contributed by atoms with Crippen molar-refractivity contribution in [1.29, 1.82) is 5.26 Å². The number of aromatic hydroxyl groups is 1. The van der Waals surface area contributed by atoms with Crippen molar-refractivity contribution in [2.75, 3.05) is 38.0 Å². The van der Waals surface area contributed by atoms with Crippen LogP contribution in [0.15, 0.2) is 43.2 Å². The highest BCUT2D eigenvalue weighted by Crippen LogP contribution is 2.34. The Labute approximate surface area is 268 Å². The Morgan fingerprint density at radius 1 is 1.11 bits per heavy atom. The zero-order chi connectivity index (χ0) is 32.4. The second-order valence-electron chi connectivity index (χ2n) is 12.0. The van der Waals surface area contributed by atoms with E-state index >= 15 is 0 Å². The van der Waals surface area contributed by atoms with E-state index in [0.29, 0.717) is 41.4 Å². The van der Waals surface area contributed by atoms with E-state index in [-0.39, 0.29) is 28.6 Å². The maximum atomic E-state index is 12.9. The number of anilines is 1. The third-order valence-electron chi connectivity index (χ3n) is 8.74. The summed E-state index contributed by atoms with van der Waals surface area (Å²) < 4.78 is 40.7. The van der Waals surface area contributed by atoms with Crippen LogP contribution in [0.2, 0.25) is 0 Å². The van der Waals surface area contributed by atoms with Crippen molar-refractivity contribution >= 4 is 44.2 Å². The summed E-state index contributed by atoms with van der Waals surface area (Å²) in [5.41, 5.74) is 2.12. The van der Waals surface area contributed by atoms with E-state index < -0.39 is 12.6 Å². The molecule has 1 atom stereocenters. The maximum absolute atomic E-state index is 12.9. The van der Waals surface area contributed by atoms with Gasteiger partial charge in [0.25, 0.3) is 0 Å². The van der Waals surface area contributed by atoms with Gasteiger partial charge in [-0.2, -0.15) is 18.4 Å². The number of amides is 1. The van der Waals surface area contributed by atoms with Crippen LogP contribution in [0, 0.1) is 11.3 Å². The second kappa shape index (κ2) is 13.3. The van der Waals surface area contributed by atoms with E-state index in [4.69, 9.17) is 0 Å². The average molecular weight is 653 g/mol. The monoisotopic (exact) mass is 652 g/mol. The standard InChI is InChI=1S/C32H35F3N8O2S/c1-2-29(45)39-23-5-8-42(18-23)9-10-43-24(16-36)12-20-11-21(28(44)14-27(20)43)17-41-6-3-22(4-7-41)40-30-26-13-25(15-32(33,34)35)46-31(26)38-19-37-30/h2,11-14,19,22-23,44H,1,3-10,15,17-18H2,(H,39,45)(H,37,38,40)/t23-/m0/s1. The van der Waals surface area contributed by atoms with E-state index in [1.807, 2.05) is 16.7 Å². The lowest BCUT2D eigenvalue weighted by molar-refractivity contribution is -0.126. The molecule has 46 heavy (non-hydrogen) atoms. The first-order chi connectivity index (χ1) is 22.1. The number of phenols is 1. The predicted octanol–water partition coefficient (Wildman–Crippen LogP) is 4.78. The van der Waals surface area contributed by atoms with Gasteiger partial charge in [-0.3, -0.25) is 14.6 Å². The number of fused-ring (bicyclic) bond motifs is 2. The summed E-state index contributed by atoms with van der Waals surface area (Å²) in [7, 11) is 0. The quantitative estimate of drug-likeness (QED) is 0.209. The lowest BCUT2D eigenvalue weighted by Gasteiger charge is -2.32. The average Bonchev–Trinajstić information content (AvgIpc) is 3.73. The molecule has 5 heterocycles. The Hall–Kier alpha value is -4.19. The molecule has 0 unspecified atom stereocenters. The molecule has 0 aliphatic carbocycles. The number of thiophene rings is 1. The Balaban J connectivity index is 1.06. The molecule has 6 rings (SSSR count).